The molecule has 1 aromatic heterocycles. The summed E-state index contributed by atoms with van der Waals surface area (Å²) < 4.78 is 2.04. The van der Waals surface area contributed by atoms with Gasteiger partial charge in [0.1, 0.15) is 0 Å². The molecule has 0 bridgehead atoms. The lowest BCUT2D eigenvalue weighted by molar-refractivity contribution is -0.115. The van der Waals surface area contributed by atoms with Gasteiger partial charge in [0.25, 0.3) is 0 Å². The first kappa shape index (κ1) is 12.8. The molecule has 2 nitrogen and oxygen atoms in total. The molecule has 0 atom stereocenters. The summed E-state index contributed by atoms with van der Waals surface area (Å²) >= 11 is 8.31. The molecule has 0 saturated heterocycles. The maximum absolute atomic E-state index is 11.7. The summed E-state index contributed by atoms with van der Waals surface area (Å²) in [6, 6.07) is 11.4. The van der Waals surface area contributed by atoms with Crippen LogP contribution >= 0.6 is 43.2 Å². The van der Waals surface area contributed by atoms with Crippen LogP contribution in [0.5, 0.6) is 0 Å². The van der Waals surface area contributed by atoms with Crippen molar-refractivity contribution in [2.75, 3.05) is 5.32 Å². The molecule has 0 unspecified atom stereocenters. The Labute approximate surface area is 120 Å². The number of benzene rings is 1. The summed E-state index contributed by atoms with van der Waals surface area (Å²) in [6.45, 7) is 0. The van der Waals surface area contributed by atoms with E-state index in [-0.39, 0.29) is 5.91 Å². The molecule has 0 aliphatic rings. The fraction of sp³-hybridized carbons (Fsp3) is 0.0833. The van der Waals surface area contributed by atoms with Crippen LogP contribution in [0.4, 0.5) is 5.69 Å². The van der Waals surface area contributed by atoms with Gasteiger partial charge in [-0.1, -0.05) is 15.9 Å². The minimum Gasteiger partial charge on any atom is -0.326 e. The molecular formula is C12H9Br2NOS. The van der Waals surface area contributed by atoms with Crippen LogP contribution in [0.2, 0.25) is 0 Å². The van der Waals surface area contributed by atoms with E-state index in [4.69, 9.17) is 0 Å². The second-order valence-electron chi connectivity index (χ2n) is 3.44. The van der Waals surface area contributed by atoms with Gasteiger partial charge in [-0.25, -0.2) is 0 Å². The van der Waals surface area contributed by atoms with E-state index in [1.54, 1.807) is 11.3 Å². The van der Waals surface area contributed by atoms with Crippen molar-refractivity contribution >= 4 is 54.8 Å². The molecule has 1 amide bonds. The Kier molecular flexibility index (Phi) is 4.36. The molecule has 1 heterocycles. The van der Waals surface area contributed by atoms with Crippen LogP contribution in [0, 0.1) is 0 Å². The van der Waals surface area contributed by atoms with Gasteiger partial charge in [-0.3, -0.25) is 4.79 Å². The first-order chi connectivity index (χ1) is 8.13. The summed E-state index contributed by atoms with van der Waals surface area (Å²) in [4.78, 5) is 12.8. The molecule has 17 heavy (non-hydrogen) atoms. The Balaban J connectivity index is 1.95. The van der Waals surface area contributed by atoms with E-state index in [1.165, 1.54) is 0 Å². The van der Waals surface area contributed by atoms with E-state index in [0.29, 0.717) is 6.42 Å². The second-order valence-corrected chi connectivity index (χ2v) is 6.90. The van der Waals surface area contributed by atoms with E-state index in [2.05, 4.69) is 37.2 Å². The molecule has 0 fully saturated rings. The average molecular weight is 375 g/mol. The maximum atomic E-state index is 11.7. The number of carbonyl (C=O) groups is 1. The van der Waals surface area contributed by atoms with Crippen molar-refractivity contribution in [3.05, 3.63) is 49.5 Å². The van der Waals surface area contributed by atoms with Gasteiger partial charge < -0.3 is 5.32 Å². The Morgan fingerprint density at radius 1 is 1.12 bits per heavy atom. The molecule has 1 N–H and O–H groups in total. The lowest BCUT2D eigenvalue weighted by Crippen LogP contribution is -2.13. The van der Waals surface area contributed by atoms with Gasteiger partial charge in [0.05, 0.1) is 10.2 Å². The van der Waals surface area contributed by atoms with Gasteiger partial charge in [0.2, 0.25) is 5.91 Å². The summed E-state index contributed by atoms with van der Waals surface area (Å²) in [5.74, 6) is 0.00155. The molecule has 0 spiro atoms. The van der Waals surface area contributed by atoms with Crippen molar-refractivity contribution < 1.29 is 4.79 Å². The molecule has 0 radical (unpaired) electrons. The van der Waals surface area contributed by atoms with Crippen molar-refractivity contribution in [2.45, 2.75) is 6.42 Å². The summed E-state index contributed by atoms with van der Waals surface area (Å²) in [6.07, 6.45) is 0.409. The number of hydrogen-bond acceptors (Lipinski definition) is 2. The Morgan fingerprint density at radius 3 is 2.41 bits per heavy atom. The monoisotopic (exact) mass is 373 g/mol. The largest absolute Gasteiger partial charge is 0.326 e. The molecular weight excluding hydrogens is 366 g/mol. The predicted octanol–water partition coefficient (Wildman–Crippen LogP) is 4.45. The van der Waals surface area contributed by atoms with Crippen LogP contribution in [-0.2, 0) is 11.2 Å². The summed E-state index contributed by atoms with van der Waals surface area (Å²) in [5.41, 5.74) is 0.814. The SMILES string of the molecule is O=C(Cc1ccc(Br)s1)Nc1ccc(Br)cc1. The van der Waals surface area contributed by atoms with Crippen LogP contribution in [0.25, 0.3) is 0 Å². The molecule has 1 aromatic carbocycles. The van der Waals surface area contributed by atoms with Crippen LogP contribution in [-0.4, -0.2) is 5.91 Å². The number of hydrogen-bond donors (Lipinski definition) is 1. The number of amides is 1. The van der Waals surface area contributed by atoms with Gasteiger partial charge in [-0.2, -0.15) is 0 Å². The average Bonchev–Trinajstić information content (AvgIpc) is 2.67. The Morgan fingerprint density at radius 2 is 1.82 bits per heavy atom. The highest BCUT2D eigenvalue weighted by atomic mass is 79.9. The van der Waals surface area contributed by atoms with Crippen molar-refractivity contribution in [3.63, 3.8) is 0 Å². The number of rotatable bonds is 3. The third-order valence-corrected chi connectivity index (χ3v) is 4.24. The van der Waals surface area contributed by atoms with E-state index in [0.717, 1.165) is 18.8 Å². The fourth-order valence-corrected chi connectivity index (χ4v) is 3.09. The Bertz CT molecular complexity index is 522. The van der Waals surface area contributed by atoms with Crippen LogP contribution in [0.1, 0.15) is 4.88 Å². The van der Waals surface area contributed by atoms with Crippen LogP contribution in [0.15, 0.2) is 44.7 Å². The zero-order valence-electron chi connectivity index (χ0n) is 8.74. The standard InChI is InChI=1S/C12H9Br2NOS/c13-8-1-3-9(4-2-8)15-12(16)7-10-5-6-11(14)17-10/h1-6H,7H2,(H,15,16). The van der Waals surface area contributed by atoms with Crippen molar-refractivity contribution in [2.24, 2.45) is 0 Å². The highest BCUT2D eigenvalue weighted by molar-refractivity contribution is 9.11. The topological polar surface area (TPSA) is 29.1 Å². The van der Waals surface area contributed by atoms with Gasteiger partial charge >= 0.3 is 0 Å². The number of anilines is 1. The number of halogens is 2. The molecule has 2 aromatic rings. The fourth-order valence-electron chi connectivity index (χ4n) is 1.34. The van der Waals surface area contributed by atoms with Gasteiger partial charge in [0, 0.05) is 15.0 Å². The lowest BCUT2D eigenvalue weighted by Gasteiger charge is -2.03. The van der Waals surface area contributed by atoms with E-state index < -0.39 is 0 Å². The zero-order valence-corrected chi connectivity index (χ0v) is 12.7. The third-order valence-electron chi connectivity index (χ3n) is 2.09. The second kappa shape index (κ2) is 5.80. The zero-order chi connectivity index (χ0) is 12.3. The molecule has 88 valence electrons. The molecule has 0 aliphatic heterocycles. The summed E-state index contributed by atoms with van der Waals surface area (Å²) in [5, 5.41) is 2.86. The highest BCUT2D eigenvalue weighted by Gasteiger charge is 2.06. The van der Waals surface area contributed by atoms with E-state index in [9.17, 15) is 4.79 Å². The number of nitrogens with one attached hydrogen (secondary N) is 1. The smallest absolute Gasteiger partial charge is 0.229 e. The highest BCUT2D eigenvalue weighted by Crippen LogP contribution is 2.22. The van der Waals surface area contributed by atoms with Crippen molar-refractivity contribution in [3.8, 4) is 0 Å². The minimum absolute atomic E-state index is 0.00155. The lowest BCUT2D eigenvalue weighted by atomic mass is 10.3. The quantitative estimate of drug-likeness (QED) is 0.844. The molecule has 0 aliphatic carbocycles. The van der Waals surface area contributed by atoms with Gasteiger partial charge in [-0.05, 0) is 52.3 Å². The minimum atomic E-state index is 0.00155. The molecule has 0 saturated carbocycles. The molecule has 5 heteroatoms. The molecule has 2 rings (SSSR count). The third kappa shape index (κ3) is 3.94. The number of thiophene rings is 1. The van der Waals surface area contributed by atoms with Crippen LogP contribution < -0.4 is 5.32 Å². The van der Waals surface area contributed by atoms with Gasteiger partial charge in [0.15, 0.2) is 0 Å². The Hall–Kier alpha value is -0.650. The van der Waals surface area contributed by atoms with E-state index >= 15 is 0 Å². The predicted molar refractivity (Wildman–Crippen MR) is 78.5 cm³/mol. The number of carbonyl (C=O) groups excluding carboxylic acids is 1. The maximum Gasteiger partial charge on any atom is 0.229 e. The first-order valence-corrected chi connectivity index (χ1v) is 7.33. The van der Waals surface area contributed by atoms with Crippen molar-refractivity contribution in [1.29, 1.82) is 0 Å². The van der Waals surface area contributed by atoms with E-state index in [1.807, 2.05) is 36.4 Å². The normalized spacial score (nSPS) is 10.2. The van der Waals surface area contributed by atoms with Crippen molar-refractivity contribution in [1.82, 2.24) is 0 Å². The first-order valence-electron chi connectivity index (χ1n) is 4.93. The summed E-state index contributed by atoms with van der Waals surface area (Å²) in [7, 11) is 0. The van der Waals surface area contributed by atoms with Crippen LogP contribution in [0.3, 0.4) is 0 Å². The van der Waals surface area contributed by atoms with Gasteiger partial charge in [-0.15, -0.1) is 11.3 Å².